The van der Waals surface area contributed by atoms with Crippen LogP contribution >= 0.6 is 0 Å². The molecular formula is C53H102N+. The van der Waals surface area contributed by atoms with Crippen molar-refractivity contribution in [3.05, 3.63) is 30.6 Å². The Labute approximate surface area is 342 Å². The number of rotatable bonds is 45. The number of hydrogen-bond donors (Lipinski definition) is 0. The fourth-order valence-electron chi connectivity index (χ4n) is 9.25. The van der Waals surface area contributed by atoms with Gasteiger partial charge in [0.25, 0.3) is 0 Å². The Bertz CT molecular complexity index is 784. The molecule has 0 bridgehead atoms. The van der Waals surface area contributed by atoms with Crippen molar-refractivity contribution < 1.29 is 4.57 Å². The van der Waals surface area contributed by atoms with Gasteiger partial charge in [0.2, 0.25) is 0 Å². The second kappa shape index (κ2) is 41.8. The van der Waals surface area contributed by atoms with Crippen LogP contribution in [0.15, 0.2) is 30.6 Å². The van der Waals surface area contributed by atoms with Gasteiger partial charge in [-0.25, -0.2) is 0 Å². The zero-order valence-corrected chi connectivity index (χ0v) is 37.9. The third kappa shape index (κ3) is 32.3. The van der Waals surface area contributed by atoms with Crippen LogP contribution in [0.4, 0.5) is 0 Å². The molecule has 0 aliphatic heterocycles. The second-order valence-corrected chi connectivity index (χ2v) is 18.2. The third-order valence-corrected chi connectivity index (χ3v) is 13.0. The van der Waals surface area contributed by atoms with Crippen LogP contribution in [0.1, 0.15) is 303 Å². The summed E-state index contributed by atoms with van der Waals surface area (Å²) in [5, 5.41) is 0. The van der Waals surface area contributed by atoms with Gasteiger partial charge in [-0.3, -0.25) is 0 Å². The third-order valence-electron chi connectivity index (χ3n) is 13.0. The molecule has 1 heterocycles. The van der Waals surface area contributed by atoms with Crippen molar-refractivity contribution in [1.29, 1.82) is 0 Å². The van der Waals surface area contributed by atoms with E-state index in [0.29, 0.717) is 5.54 Å². The summed E-state index contributed by atoms with van der Waals surface area (Å²) in [5.74, 6) is 0. The van der Waals surface area contributed by atoms with E-state index < -0.39 is 0 Å². The van der Waals surface area contributed by atoms with Crippen molar-refractivity contribution in [3.63, 3.8) is 0 Å². The van der Waals surface area contributed by atoms with Gasteiger partial charge in [-0.15, -0.1) is 0 Å². The Balaban J connectivity index is 2.46. The van der Waals surface area contributed by atoms with Crippen LogP contribution in [0, 0.1) is 0 Å². The molecule has 318 valence electrons. The molecule has 0 aromatic carbocycles. The zero-order valence-electron chi connectivity index (χ0n) is 37.9. The van der Waals surface area contributed by atoms with Crippen LogP contribution in [-0.4, -0.2) is 0 Å². The molecule has 0 aliphatic rings. The standard InChI is InChI=1S/C53H102N/c1-4-7-10-13-16-19-22-25-28-31-34-37-40-44-49-53(54-51-46-42-47-52-54,48-43-39-36-33-30-27-24-21-18-15-12-9-6-3)50-45-41-38-35-32-29-26-23-20-17-14-11-8-5-2/h42,46-47,51-52H,4-41,43-45,48-50H2,1-3H3/q+1. The summed E-state index contributed by atoms with van der Waals surface area (Å²) < 4.78 is 2.69. The van der Waals surface area contributed by atoms with Crippen LogP contribution in [0.25, 0.3) is 0 Å². The van der Waals surface area contributed by atoms with E-state index in [-0.39, 0.29) is 0 Å². The minimum atomic E-state index is 0.327. The first kappa shape index (κ1) is 51.2. The van der Waals surface area contributed by atoms with Crippen LogP contribution in [0.3, 0.4) is 0 Å². The molecule has 0 spiro atoms. The highest BCUT2D eigenvalue weighted by atomic mass is 15.0. The number of pyridine rings is 1. The lowest BCUT2D eigenvalue weighted by molar-refractivity contribution is -0.768. The van der Waals surface area contributed by atoms with Crippen molar-refractivity contribution in [3.8, 4) is 0 Å². The van der Waals surface area contributed by atoms with Gasteiger partial charge in [-0.1, -0.05) is 271 Å². The highest BCUT2D eigenvalue weighted by Crippen LogP contribution is 2.32. The summed E-state index contributed by atoms with van der Waals surface area (Å²) in [4.78, 5) is 0. The summed E-state index contributed by atoms with van der Waals surface area (Å²) in [6.07, 6.45) is 68.4. The smallest absolute Gasteiger partial charge is 0.169 e. The lowest BCUT2D eigenvalue weighted by Crippen LogP contribution is -2.55. The maximum atomic E-state index is 2.69. The SMILES string of the molecule is CCCCCCCCCCCCCCCCC(CCCCCCCCCCCCCCC)(CCCCCCCCCCCCCCCC)[n+]1ccccc1. The quantitative estimate of drug-likeness (QED) is 0.0461. The number of aromatic nitrogens is 1. The Morgan fingerprint density at radius 3 is 0.630 bits per heavy atom. The second-order valence-electron chi connectivity index (χ2n) is 18.2. The Morgan fingerprint density at radius 2 is 0.426 bits per heavy atom. The van der Waals surface area contributed by atoms with Gasteiger partial charge in [-0.05, 0) is 19.3 Å². The van der Waals surface area contributed by atoms with E-state index in [1.54, 1.807) is 0 Å². The maximum absolute atomic E-state index is 2.69. The van der Waals surface area contributed by atoms with Gasteiger partial charge in [0.1, 0.15) is 0 Å². The van der Waals surface area contributed by atoms with Crippen molar-refractivity contribution in [1.82, 2.24) is 0 Å². The van der Waals surface area contributed by atoms with Crippen LogP contribution in [0.2, 0.25) is 0 Å². The Hall–Kier alpha value is -0.850. The first-order valence-electron chi connectivity index (χ1n) is 25.8. The van der Waals surface area contributed by atoms with Crippen LogP contribution < -0.4 is 4.57 Å². The summed E-state index contributed by atoms with van der Waals surface area (Å²) in [6, 6.07) is 6.83. The van der Waals surface area contributed by atoms with E-state index in [1.165, 1.54) is 283 Å². The van der Waals surface area contributed by atoms with E-state index in [9.17, 15) is 0 Å². The average Bonchev–Trinajstić information content (AvgIpc) is 3.20. The molecule has 54 heavy (non-hydrogen) atoms. The van der Waals surface area contributed by atoms with Crippen molar-refractivity contribution in [2.24, 2.45) is 0 Å². The molecule has 1 aromatic rings. The molecule has 0 saturated carbocycles. The number of unbranched alkanes of at least 4 members (excludes halogenated alkanes) is 38. The normalized spacial score (nSPS) is 11.9. The van der Waals surface area contributed by atoms with Gasteiger partial charge < -0.3 is 0 Å². The van der Waals surface area contributed by atoms with Gasteiger partial charge in [-0.2, -0.15) is 4.57 Å². The minimum absolute atomic E-state index is 0.327. The molecular weight excluding hydrogens is 651 g/mol. The molecule has 0 amide bonds. The predicted octanol–water partition coefficient (Wildman–Crippen LogP) is 18.9. The molecule has 0 unspecified atom stereocenters. The maximum Gasteiger partial charge on any atom is 0.169 e. The fraction of sp³-hybridized carbons (Fsp3) is 0.906. The topological polar surface area (TPSA) is 3.88 Å². The van der Waals surface area contributed by atoms with Gasteiger partial charge in [0, 0.05) is 31.4 Å². The van der Waals surface area contributed by atoms with Gasteiger partial charge in [0.05, 0.1) is 0 Å². The molecule has 0 N–H and O–H groups in total. The largest absolute Gasteiger partial charge is 0.200 e. The Morgan fingerprint density at radius 1 is 0.241 bits per heavy atom. The van der Waals surface area contributed by atoms with Gasteiger partial charge in [0.15, 0.2) is 17.9 Å². The van der Waals surface area contributed by atoms with Crippen molar-refractivity contribution in [2.75, 3.05) is 0 Å². The lowest BCUT2D eigenvalue weighted by Gasteiger charge is -2.29. The highest BCUT2D eigenvalue weighted by Gasteiger charge is 2.37. The molecule has 1 rings (SSSR count). The van der Waals surface area contributed by atoms with Crippen LogP contribution in [0.5, 0.6) is 0 Å². The Kier molecular flexibility index (Phi) is 39.6. The first-order valence-corrected chi connectivity index (χ1v) is 25.8. The lowest BCUT2D eigenvalue weighted by atomic mass is 9.81. The molecule has 0 fully saturated rings. The summed E-state index contributed by atoms with van der Waals surface area (Å²) >= 11 is 0. The summed E-state index contributed by atoms with van der Waals surface area (Å²) in [5.41, 5.74) is 0.327. The van der Waals surface area contributed by atoms with E-state index in [4.69, 9.17) is 0 Å². The summed E-state index contributed by atoms with van der Waals surface area (Å²) in [7, 11) is 0. The monoisotopic (exact) mass is 753 g/mol. The van der Waals surface area contributed by atoms with Crippen molar-refractivity contribution >= 4 is 0 Å². The first-order chi connectivity index (χ1) is 26.8. The van der Waals surface area contributed by atoms with E-state index >= 15 is 0 Å². The molecule has 1 nitrogen and oxygen atoms in total. The minimum Gasteiger partial charge on any atom is -0.200 e. The molecule has 0 atom stereocenters. The van der Waals surface area contributed by atoms with E-state index in [0.717, 1.165) is 0 Å². The highest BCUT2D eigenvalue weighted by molar-refractivity contribution is 4.86. The summed E-state index contributed by atoms with van der Waals surface area (Å²) in [6.45, 7) is 6.96. The fourth-order valence-corrected chi connectivity index (χ4v) is 9.25. The molecule has 1 heteroatoms. The number of nitrogens with zero attached hydrogens (tertiary/aromatic N) is 1. The molecule has 0 radical (unpaired) electrons. The predicted molar refractivity (Wildman–Crippen MR) is 245 cm³/mol. The molecule has 0 saturated heterocycles. The van der Waals surface area contributed by atoms with Crippen LogP contribution in [-0.2, 0) is 5.54 Å². The molecule has 1 aromatic heterocycles. The average molecular weight is 753 g/mol. The van der Waals surface area contributed by atoms with Gasteiger partial charge >= 0.3 is 0 Å². The van der Waals surface area contributed by atoms with E-state index in [1.807, 2.05) is 0 Å². The number of hydrogen-bond acceptors (Lipinski definition) is 0. The van der Waals surface area contributed by atoms with Crippen molar-refractivity contribution in [2.45, 2.75) is 309 Å². The molecule has 0 aliphatic carbocycles. The zero-order chi connectivity index (χ0) is 38.7. The van der Waals surface area contributed by atoms with E-state index in [2.05, 4.69) is 55.9 Å².